The van der Waals surface area contributed by atoms with Gasteiger partial charge >= 0.3 is 0 Å². The van der Waals surface area contributed by atoms with Crippen molar-refractivity contribution in [3.05, 3.63) is 24.2 Å². The molecule has 0 radical (unpaired) electrons. The number of nitrogens with one attached hydrogen (secondary N) is 1. The molecule has 1 unspecified atom stereocenters. The van der Waals surface area contributed by atoms with E-state index in [2.05, 4.69) is 12.2 Å². The zero-order valence-corrected chi connectivity index (χ0v) is 12.5. The molecule has 2 rings (SSSR count). The van der Waals surface area contributed by atoms with Crippen LogP contribution in [0, 0.1) is 0 Å². The highest BCUT2D eigenvalue weighted by atomic mass is 32.2. The Hall–Kier alpha value is -0.450. The summed E-state index contributed by atoms with van der Waals surface area (Å²) >= 11 is 1.92. The largest absolute Gasteiger partial charge is 0.468 e. The molecule has 1 aromatic heterocycles. The number of furan rings is 1. The molecule has 1 fully saturated rings. The summed E-state index contributed by atoms with van der Waals surface area (Å²) in [5.41, 5.74) is -0.0765. The van der Waals surface area contributed by atoms with Crippen molar-refractivity contribution in [2.24, 2.45) is 0 Å². The standard InChI is InChI=1S/C15H25NO2S/c1-15(12-17,16-13-6-7-13)8-2-3-10-19-11-14-5-4-9-18-14/h4-5,9,13,16-17H,2-3,6-8,10-12H2,1H3. The molecule has 0 aromatic carbocycles. The monoisotopic (exact) mass is 283 g/mol. The number of hydrogen-bond donors (Lipinski definition) is 2. The molecule has 1 aromatic rings. The van der Waals surface area contributed by atoms with Crippen LogP contribution in [0.3, 0.4) is 0 Å². The molecule has 1 aliphatic rings. The minimum atomic E-state index is -0.0765. The van der Waals surface area contributed by atoms with Crippen LogP contribution in [-0.2, 0) is 5.75 Å². The zero-order valence-electron chi connectivity index (χ0n) is 11.7. The normalized spacial score (nSPS) is 18.4. The van der Waals surface area contributed by atoms with Crippen molar-refractivity contribution in [2.75, 3.05) is 12.4 Å². The van der Waals surface area contributed by atoms with Crippen molar-refractivity contribution < 1.29 is 9.52 Å². The number of hydrogen-bond acceptors (Lipinski definition) is 4. The molecule has 19 heavy (non-hydrogen) atoms. The van der Waals surface area contributed by atoms with E-state index in [1.807, 2.05) is 23.9 Å². The van der Waals surface area contributed by atoms with Gasteiger partial charge in [0.05, 0.1) is 18.6 Å². The second-order valence-corrected chi connectivity index (χ2v) is 6.83. The molecular weight excluding hydrogens is 258 g/mol. The van der Waals surface area contributed by atoms with Crippen molar-refractivity contribution in [1.29, 1.82) is 0 Å². The van der Waals surface area contributed by atoms with Crippen LogP contribution in [0.15, 0.2) is 22.8 Å². The first-order chi connectivity index (χ1) is 9.22. The Labute approximate surface area is 120 Å². The molecule has 4 heteroatoms. The van der Waals surface area contributed by atoms with E-state index >= 15 is 0 Å². The van der Waals surface area contributed by atoms with Crippen LogP contribution in [0.5, 0.6) is 0 Å². The minimum absolute atomic E-state index is 0.0765. The lowest BCUT2D eigenvalue weighted by atomic mass is 9.96. The van der Waals surface area contributed by atoms with Crippen LogP contribution < -0.4 is 5.32 Å². The fourth-order valence-electron chi connectivity index (χ4n) is 2.20. The predicted molar refractivity (Wildman–Crippen MR) is 80.4 cm³/mol. The smallest absolute Gasteiger partial charge is 0.113 e. The van der Waals surface area contributed by atoms with Gasteiger partial charge < -0.3 is 14.8 Å². The van der Waals surface area contributed by atoms with Gasteiger partial charge in [0, 0.05) is 11.6 Å². The van der Waals surface area contributed by atoms with Gasteiger partial charge in [-0.3, -0.25) is 0 Å². The fourth-order valence-corrected chi connectivity index (χ4v) is 3.12. The average molecular weight is 283 g/mol. The molecule has 0 saturated heterocycles. The fraction of sp³-hybridized carbons (Fsp3) is 0.733. The SMILES string of the molecule is CC(CO)(CCCCSCc1ccco1)NC1CC1. The summed E-state index contributed by atoms with van der Waals surface area (Å²) in [4.78, 5) is 0. The molecule has 0 bridgehead atoms. The van der Waals surface area contributed by atoms with Gasteiger partial charge in [-0.25, -0.2) is 0 Å². The molecule has 0 spiro atoms. The van der Waals surface area contributed by atoms with Gasteiger partial charge in [-0.05, 0) is 50.5 Å². The van der Waals surface area contributed by atoms with Crippen LogP contribution in [0.4, 0.5) is 0 Å². The van der Waals surface area contributed by atoms with E-state index in [1.165, 1.54) is 25.7 Å². The Morgan fingerprint density at radius 2 is 2.32 bits per heavy atom. The first-order valence-electron chi connectivity index (χ1n) is 7.20. The molecule has 1 aliphatic carbocycles. The number of thioether (sulfide) groups is 1. The topological polar surface area (TPSA) is 45.4 Å². The number of aliphatic hydroxyl groups is 1. The third kappa shape index (κ3) is 5.59. The van der Waals surface area contributed by atoms with Gasteiger partial charge in [0.2, 0.25) is 0 Å². The van der Waals surface area contributed by atoms with E-state index in [1.54, 1.807) is 6.26 Å². The Bertz CT molecular complexity index is 351. The molecule has 1 atom stereocenters. The highest BCUT2D eigenvalue weighted by molar-refractivity contribution is 7.98. The van der Waals surface area contributed by atoms with Crippen LogP contribution in [0.2, 0.25) is 0 Å². The lowest BCUT2D eigenvalue weighted by Crippen LogP contribution is -2.46. The van der Waals surface area contributed by atoms with E-state index in [0.717, 1.165) is 23.7 Å². The maximum absolute atomic E-state index is 9.51. The summed E-state index contributed by atoms with van der Waals surface area (Å²) < 4.78 is 5.30. The maximum Gasteiger partial charge on any atom is 0.113 e. The predicted octanol–water partition coefficient (Wildman–Crippen LogP) is 3.19. The summed E-state index contributed by atoms with van der Waals surface area (Å²) in [6, 6.07) is 4.62. The molecule has 0 amide bonds. The molecule has 3 nitrogen and oxygen atoms in total. The quantitative estimate of drug-likeness (QED) is 0.647. The number of aliphatic hydroxyl groups excluding tert-OH is 1. The van der Waals surface area contributed by atoms with Crippen molar-refractivity contribution in [3.8, 4) is 0 Å². The van der Waals surface area contributed by atoms with Crippen molar-refractivity contribution in [3.63, 3.8) is 0 Å². The van der Waals surface area contributed by atoms with Crippen molar-refractivity contribution in [2.45, 2.75) is 56.4 Å². The van der Waals surface area contributed by atoms with E-state index in [9.17, 15) is 5.11 Å². The van der Waals surface area contributed by atoms with Crippen LogP contribution in [-0.4, -0.2) is 29.0 Å². The zero-order chi connectivity index (χ0) is 13.6. The van der Waals surface area contributed by atoms with Crippen LogP contribution in [0.1, 0.15) is 44.8 Å². The lowest BCUT2D eigenvalue weighted by Gasteiger charge is -2.29. The Morgan fingerprint density at radius 1 is 1.47 bits per heavy atom. The summed E-state index contributed by atoms with van der Waals surface area (Å²) in [6.45, 7) is 2.38. The first-order valence-corrected chi connectivity index (χ1v) is 8.36. The second kappa shape index (κ2) is 7.36. The molecule has 2 N–H and O–H groups in total. The third-order valence-corrected chi connectivity index (χ3v) is 4.64. The Morgan fingerprint density at radius 3 is 2.95 bits per heavy atom. The van der Waals surface area contributed by atoms with Gasteiger partial charge in [-0.1, -0.05) is 6.42 Å². The molecule has 0 aliphatic heterocycles. The van der Waals surface area contributed by atoms with Crippen LogP contribution in [0.25, 0.3) is 0 Å². The highest BCUT2D eigenvalue weighted by Gasteiger charge is 2.31. The summed E-state index contributed by atoms with van der Waals surface area (Å²) in [7, 11) is 0. The maximum atomic E-state index is 9.51. The average Bonchev–Trinajstić information content (AvgIpc) is 3.06. The minimum Gasteiger partial charge on any atom is -0.468 e. The van der Waals surface area contributed by atoms with Gasteiger partial charge in [0.15, 0.2) is 0 Å². The van der Waals surface area contributed by atoms with E-state index in [-0.39, 0.29) is 12.1 Å². The second-order valence-electron chi connectivity index (χ2n) is 5.73. The van der Waals surface area contributed by atoms with Gasteiger partial charge in [0.25, 0.3) is 0 Å². The number of rotatable bonds is 10. The summed E-state index contributed by atoms with van der Waals surface area (Å²) in [5.74, 6) is 3.18. The van der Waals surface area contributed by atoms with Gasteiger partial charge in [-0.2, -0.15) is 11.8 Å². The molecular formula is C15H25NO2S. The van der Waals surface area contributed by atoms with E-state index in [0.29, 0.717) is 6.04 Å². The van der Waals surface area contributed by atoms with Crippen molar-refractivity contribution >= 4 is 11.8 Å². The molecule has 1 saturated carbocycles. The number of unbranched alkanes of at least 4 members (excludes halogenated alkanes) is 1. The third-order valence-electron chi connectivity index (χ3n) is 3.57. The lowest BCUT2D eigenvalue weighted by molar-refractivity contribution is 0.161. The Balaban J connectivity index is 1.52. The van der Waals surface area contributed by atoms with E-state index < -0.39 is 0 Å². The van der Waals surface area contributed by atoms with E-state index in [4.69, 9.17) is 4.42 Å². The summed E-state index contributed by atoms with van der Waals surface area (Å²) in [5, 5.41) is 13.1. The van der Waals surface area contributed by atoms with Crippen molar-refractivity contribution in [1.82, 2.24) is 5.32 Å². The van der Waals surface area contributed by atoms with Crippen LogP contribution >= 0.6 is 11.8 Å². The Kier molecular flexibility index (Phi) is 5.79. The molecule has 108 valence electrons. The van der Waals surface area contributed by atoms with Gasteiger partial charge in [0.1, 0.15) is 5.76 Å². The first kappa shape index (κ1) is 14.9. The summed E-state index contributed by atoms with van der Waals surface area (Å²) in [6.07, 6.45) is 7.70. The molecule has 1 heterocycles. The highest BCUT2D eigenvalue weighted by Crippen LogP contribution is 2.25. The van der Waals surface area contributed by atoms with Gasteiger partial charge in [-0.15, -0.1) is 0 Å².